The number of rotatable bonds is 1. The third kappa shape index (κ3) is 1.97. The van der Waals surface area contributed by atoms with E-state index in [1.165, 1.54) is 5.56 Å². The topological polar surface area (TPSA) is 20.2 Å². The standard InChI is InChI=1S/C8H8Br2O/c1-2-5-3-6(9)8(11)7(10)4-5/h3-4,11H,2H2,1H3. The van der Waals surface area contributed by atoms with Crippen LogP contribution in [0.15, 0.2) is 21.1 Å². The van der Waals surface area contributed by atoms with Crippen molar-refractivity contribution in [3.8, 4) is 5.75 Å². The summed E-state index contributed by atoms with van der Waals surface area (Å²) in [5.41, 5.74) is 1.20. The molecule has 1 rings (SSSR count). The third-order valence-electron chi connectivity index (χ3n) is 1.48. The second-order valence-corrected chi connectivity index (χ2v) is 3.97. The first-order valence-corrected chi connectivity index (χ1v) is 4.90. The minimum Gasteiger partial charge on any atom is -0.506 e. The van der Waals surface area contributed by atoms with Crippen LogP contribution >= 0.6 is 31.9 Å². The van der Waals surface area contributed by atoms with Crippen molar-refractivity contribution in [1.29, 1.82) is 0 Å². The molecule has 0 saturated carbocycles. The summed E-state index contributed by atoms with van der Waals surface area (Å²) in [6.45, 7) is 2.07. The van der Waals surface area contributed by atoms with Crippen molar-refractivity contribution < 1.29 is 5.11 Å². The lowest BCUT2D eigenvalue weighted by molar-refractivity contribution is 0.468. The van der Waals surface area contributed by atoms with Crippen LogP contribution in [0, 0.1) is 0 Å². The van der Waals surface area contributed by atoms with Crippen LogP contribution in [0.3, 0.4) is 0 Å². The molecule has 0 unspecified atom stereocenters. The van der Waals surface area contributed by atoms with Gasteiger partial charge in [-0.1, -0.05) is 6.92 Å². The molecular weight excluding hydrogens is 272 g/mol. The van der Waals surface area contributed by atoms with E-state index in [2.05, 4.69) is 38.8 Å². The third-order valence-corrected chi connectivity index (χ3v) is 2.69. The molecule has 0 aliphatic heterocycles. The van der Waals surface area contributed by atoms with Gasteiger partial charge in [0, 0.05) is 0 Å². The van der Waals surface area contributed by atoms with E-state index < -0.39 is 0 Å². The molecule has 60 valence electrons. The Morgan fingerprint density at radius 1 is 1.27 bits per heavy atom. The maximum Gasteiger partial charge on any atom is 0.143 e. The minimum atomic E-state index is 0.266. The summed E-state index contributed by atoms with van der Waals surface area (Å²) in [5.74, 6) is 0.266. The first-order chi connectivity index (χ1) is 5.15. The largest absolute Gasteiger partial charge is 0.506 e. The molecule has 0 aliphatic carbocycles. The molecule has 0 bridgehead atoms. The van der Waals surface area contributed by atoms with Crippen LogP contribution < -0.4 is 0 Å². The molecule has 1 nitrogen and oxygen atoms in total. The highest BCUT2D eigenvalue weighted by molar-refractivity contribution is 9.11. The smallest absolute Gasteiger partial charge is 0.143 e. The lowest BCUT2D eigenvalue weighted by atomic mass is 10.2. The van der Waals surface area contributed by atoms with Gasteiger partial charge in [0.15, 0.2) is 0 Å². The highest BCUT2D eigenvalue weighted by Crippen LogP contribution is 2.33. The van der Waals surface area contributed by atoms with Crippen molar-refractivity contribution in [2.75, 3.05) is 0 Å². The van der Waals surface area contributed by atoms with E-state index in [1.807, 2.05) is 12.1 Å². The predicted molar refractivity (Wildman–Crippen MR) is 52.9 cm³/mol. The summed E-state index contributed by atoms with van der Waals surface area (Å²) in [7, 11) is 0. The van der Waals surface area contributed by atoms with Crippen LogP contribution in [0.1, 0.15) is 12.5 Å². The number of benzene rings is 1. The quantitative estimate of drug-likeness (QED) is 0.835. The summed E-state index contributed by atoms with van der Waals surface area (Å²) in [6, 6.07) is 3.83. The lowest BCUT2D eigenvalue weighted by Gasteiger charge is -2.02. The van der Waals surface area contributed by atoms with Gasteiger partial charge < -0.3 is 5.11 Å². The normalized spacial score (nSPS) is 10.1. The van der Waals surface area contributed by atoms with E-state index in [1.54, 1.807) is 0 Å². The summed E-state index contributed by atoms with van der Waals surface area (Å²) in [6.07, 6.45) is 0.970. The molecule has 1 aromatic rings. The van der Waals surface area contributed by atoms with Crippen LogP contribution in [0.2, 0.25) is 0 Å². The maximum absolute atomic E-state index is 9.33. The highest BCUT2D eigenvalue weighted by Gasteiger charge is 2.03. The lowest BCUT2D eigenvalue weighted by Crippen LogP contribution is -1.81. The zero-order valence-electron chi connectivity index (χ0n) is 6.06. The predicted octanol–water partition coefficient (Wildman–Crippen LogP) is 3.48. The fraction of sp³-hybridized carbons (Fsp3) is 0.250. The van der Waals surface area contributed by atoms with Gasteiger partial charge in [-0.3, -0.25) is 0 Å². The van der Waals surface area contributed by atoms with Crippen molar-refractivity contribution in [3.05, 3.63) is 26.6 Å². The van der Waals surface area contributed by atoms with Crippen molar-refractivity contribution in [2.45, 2.75) is 13.3 Å². The summed E-state index contributed by atoms with van der Waals surface area (Å²) < 4.78 is 1.48. The van der Waals surface area contributed by atoms with Crippen molar-refractivity contribution >= 4 is 31.9 Å². The number of aromatic hydroxyl groups is 1. The molecule has 0 aromatic heterocycles. The van der Waals surface area contributed by atoms with E-state index in [-0.39, 0.29) is 5.75 Å². The number of hydrogen-bond acceptors (Lipinski definition) is 1. The fourth-order valence-electron chi connectivity index (χ4n) is 0.822. The molecule has 0 amide bonds. The summed E-state index contributed by atoms with van der Waals surface area (Å²) >= 11 is 6.52. The number of aryl methyl sites for hydroxylation is 1. The van der Waals surface area contributed by atoms with Crippen LogP contribution in [0.25, 0.3) is 0 Å². The second kappa shape index (κ2) is 3.59. The van der Waals surface area contributed by atoms with Gasteiger partial charge in [-0.2, -0.15) is 0 Å². The molecule has 0 heterocycles. The number of halogens is 2. The zero-order chi connectivity index (χ0) is 8.43. The Balaban J connectivity index is 3.21. The highest BCUT2D eigenvalue weighted by atomic mass is 79.9. The molecule has 0 spiro atoms. The minimum absolute atomic E-state index is 0.266. The molecule has 1 N–H and O–H groups in total. The summed E-state index contributed by atoms with van der Waals surface area (Å²) in [4.78, 5) is 0. The van der Waals surface area contributed by atoms with Gasteiger partial charge in [-0.25, -0.2) is 0 Å². The molecule has 0 atom stereocenters. The first kappa shape index (κ1) is 9.07. The molecule has 0 aliphatic rings. The molecule has 0 radical (unpaired) electrons. The molecule has 0 saturated heterocycles. The van der Waals surface area contributed by atoms with E-state index in [0.29, 0.717) is 0 Å². The van der Waals surface area contributed by atoms with Gasteiger partial charge in [0.25, 0.3) is 0 Å². The van der Waals surface area contributed by atoms with Gasteiger partial charge >= 0.3 is 0 Å². The van der Waals surface area contributed by atoms with E-state index in [4.69, 9.17) is 0 Å². The fourth-order valence-corrected chi connectivity index (χ4v) is 2.10. The maximum atomic E-state index is 9.33. The number of phenolic OH excluding ortho intramolecular Hbond substituents is 1. The monoisotopic (exact) mass is 278 g/mol. The first-order valence-electron chi connectivity index (χ1n) is 3.32. The van der Waals surface area contributed by atoms with E-state index >= 15 is 0 Å². The van der Waals surface area contributed by atoms with Crippen LogP contribution in [0.4, 0.5) is 0 Å². The van der Waals surface area contributed by atoms with Gasteiger partial charge in [0.1, 0.15) is 5.75 Å². The average Bonchev–Trinajstić information content (AvgIpc) is 1.99. The van der Waals surface area contributed by atoms with Crippen molar-refractivity contribution in [2.24, 2.45) is 0 Å². The van der Waals surface area contributed by atoms with Crippen molar-refractivity contribution in [1.82, 2.24) is 0 Å². The van der Waals surface area contributed by atoms with Crippen LogP contribution in [0.5, 0.6) is 5.75 Å². The average molecular weight is 280 g/mol. The van der Waals surface area contributed by atoms with Gasteiger partial charge in [-0.05, 0) is 56.0 Å². The Labute approximate surface area is 82.7 Å². The van der Waals surface area contributed by atoms with E-state index in [9.17, 15) is 5.11 Å². The Morgan fingerprint density at radius 3 is 2.09 bits per heavy atom. The van der Waals surface area contributed by atoms with Crippen LogP contribution in [-0.4, -0.2) is 5.11 Å². The Hall–Kier alpha value is -0.0200. The Bertz CT molecular complexity index is 248. The molecule has 3 heteroatoms. The van der Waals surface area contributed by atoms with Crippen molar-refractivity contribution in [3.63, 3.8) is 0 Å². The van der Waals surface area contributed by atoms with E-state index in [0.717, 1.165) is 15.4 Å². The summed E-state index contributed by atoms with van der Waals surface area (Å²) in [5, 5.41) is 9.33. The van der Waals surface area contributed by atoms with Gasteiger partial charge in [0.05, 0.1) is 8.95 Å². The molecular formula is C8H8Br2O. The van der Waals surface area contributed by atoms with Crippen LogP contribution in [-0.2, 0) is 6.42 Å². The van der Waals surface area contributed by atoms with Gasteiger partial charge in [0.2, 0.25) is 0 Å². The molecule has 11 heavy (non-hydrogen) atoms. The Kier molecular flexibility index (Phi) is 2.96. The SMILES string of the molecule is CCc1cc(Br)c(O)c(Br)c1. The second-order valence-electron chi connectivity index (χ2n) is 2.26. The number of hydrogen-bond donors (Lipinski definition) is 1. The molecule has 1 aromatic carbocycles. The number of phenols is 1. The van der Waals surface area contributed by atoms with Gasteiger partial charge in [-0.15, -0.1) is 0 Å². The Morgan fingerprint density at radius 2 is 1.73 bits per heavy atom. The zero-order valence-corrected chi connectivity index (χ0v) is 9.24. The molecule has 0 fully saturated rings.